The summed E-state index contributed by atoms with van der Waals surface area (Å²) in [5.74, 6) is 2.28. The molecule has 0 aliphatic heterocycles. The third-order valence-electron chi connectivity index (χ3n) is 4.52. The van der Waals surface area contributed by atoms with Crippen molar-refractivity contribution >= 4 is 23.1 Å². The number of ketones is 1. The van der Waals surface area contributed by atoms with Gasteiger partial charge in [-0.2, -0.15) is 0 Å². The van der Waals surface area contributed by atoms with Gasteiger partial charge in [0.25, 0.3) is 0 Å². The number of carbonyl (C=O) groups is 1. The van der Waals surface area contributed by atoms with Crippen LogP contribution in [0.15, 0.2) is 60.7 Å². The Morgan fingerprint density at radius 1 is 1.04 bits per heavy atom. The van der Waals surface area contributed by atoms with E-state index in [-0.39, 0.29) is 5.78 Å². The Hall–Kier alpha value is -3.21. The molecule has 0 saturated carbocycles. The molecule has 0 atom stereocenters. The summed E-state index contributed by atoms with van der Waals surface area (Å²) < 4.78 is 0. The molecular formula is C23H26N4O. The first kappa shape index (κ1) is 19.5. The zero-order valence-electron chi connectivity index (χ0n) is 16.6. The highest BCUT2D eigenvalue weighted by atomic mass is 16.1. The summed E-state index contributed by atoms with van der Waals surface area (Å²) in [6.07, 6.45) is 2.23. The van der Waals surface area contributed by atoms with Crippen LogP contribution in [0.4, 0.5) is 17.3 Å². The summed E-state index contributed by atoms with van der Waals surface area (Å²) in [7, 11) is 2.05. The maximum atomic E-state index is 11.7. The minimum Gasteiger partial charge on any atom is -0.359 e. The van der Waals surface area contributed by atoms with Crippen molar-refractivity contribution < 1.29 is 4.79 Å². The second kappa shape index (κ2) is 9.13. The van der Waals surface area contributed by atoms with Gasteiger partial charge in [0.1, 0.15) is 11.6 Å². The summed E-state index contributed by atoms with van der Waals surface area (Å²) in [4.78, 5) is 23.3. The molecule has 0 spiro atoms. The molecule has 3 rings (SSSR count). The molecule has 0 amide bonds. The maximum absolute atomic E-state index is 11.7. The molecule has 3 aromatic rings. The molecule has 1 heterocycles. The number of rotatable bonds is 8. The molecule has 28 heavy (non-hydrogen) atoms. The minimum absolute atomic E-state index is 0.0382. The highest BCUT2D eigenvalue weighted by Gasteiger charge is 2.11. The smallest absolute Gasteiger partial charge is 0.163 e. The zero-order chi connectivity index (χ0) is 19.9. The topological polar surface area (TPSA) is 58.1 Å². The summed E-state index contributed by atoms with van der Waals surface area (Å²) in [6.45, 7) is 4.68. The molecule has 0 radical (unpaired) electrons. The molecule has 0 bridgehead atoms. The van der Waals surface area contributed by atoms with Gasteiger partial charge in [-0.3, -0.25) is 4.79 Å². The summed E-state index contributed by atoms with van der Waals surface area (Å²) >= 11 is 0. The number of benzene rings is 2. The molecule has 0 aliphatic carbocycles. The largest absolute Gasteiger partial charge is 0.359 e. The first-order valence-corrected chi connectivity index (χ1v) is 9.60. The first-order valence-electron chi connectivity index (χ1n) is 9.60. The first-order chi connectivity index (χ1) is 13.6. The molecule has 0 saturated heterocycles. The van der Waals surface area contributed by atoms with Crippen LogP contribution < -0.4 is 10.2 Å². The fourth-order valence-corrected chi connectivity index (χ4v) is 2.88. The number of nitrogens with one attached hydrogen (secondary N) is 1. The zero-order valence-corrected chi connectivity index (χ0v) is 16.6. The lowest BCUT2D eigenvalue weighted by Gasteiger charge is -2.19. The van der Waals surface area contributed by atoms with Crippen LogP contribution in [0.2, 0.25) is 0 Å². The Kier molecular flexibility index (Phi) is 6.37. The second-order valence-corrected chi connectivity index (χ2v) is 6.84. The molecule has 5 nitrogen and oxygen atoms in total. The fraction of sp³-hybridized carbons (Fsp3) is 0.261. The number of Topliss-reactive ketones (excluding diaryl/α,β-unsaturated/α-hetero) is 1. The van der Waals surface area contributed by atoms with Crippen LogP contribution in [0.25, 0.3) is 11.4 Å². The van der Waals surface area contributed by atoms with Gasteiger partial charge in [-0.25, -0.2) is 9.97 Å². The van der Waals surface area contributed by atoms with E-state index in [2.05, 4.69) is 17.1 Å². The van der Waals surface area contributed by atoms with Crippen molar-refractivity contribution in [1.29, 1.82) is 0 Å². The van der Waals surface area contributed by atoms with Crippen LogP contribution in [0, 0.1) is 0 Å². The normalized spacial score (nSPS) is 10.5. The third kappa shape index (κ3) is 4.94. The van der Waals surface area contributed by atoms with E-state index in [0.717, 1.165) is 36.5 Å². The number of aromatic nitrogens is 2. The molecule has 1 N–H and O–H groups in total. The molecule has 0 fully saturated rings. The number of hydrogen-bond donors (Lipinski definition) is 1. The molecular weight excluding hydrogens is 348 g/mol. The fourth-order valence-electron chi connectivity index (χ4n) is 2.88. The van der Waals surface area contributed by atoms with Gasteiger partial charge in [-0.05, 0) is 25.5 Å². The van der Waals surface area contributed by atoms with Gasteiger partial charge in [0, 0.05) is 36.5 Å². The van der Waals surface area contributed by atoms with Gasteiger partial charge in [-0.1, -0.05) is 55.8 Å². The number of nitrogens with zero attached hydrogens (tertiary/aromatic N) is 3. The maximum Gasteiger partial charge on any atom is 0.163 e. The summed E-state index contributed by atoms with van der Waals surface area (Å²) in [5.41, 5.74) is 2.46. The molecule has 1 aromatic heterocycles. The molecule has 5 heteroatoms. The molecule has 0 unspecified atom stereocenters. The molecule has 144 valence electrons. The van der Waals surface area contributed by atoms with Crippen LogP contribution >= 0.6 is 0 Å². The second-order valence-electron chi connectivity index (χ2n) is 6.84. The SMILES string of the molecule is CCCCN(C)c1cc(Nc2cccc(C(C)=O)c2)nc(-c2ccccc2)n1. The predicted molar refractivity (Wildman–Crippen MR) is 115 cm³/mol. The minimum atomic E-state index is 0.0382. The van der Waals surface area contributed by atoms with Crippen LogP contribution in [0.5, 0.6) is 0 Å². The van der Waals surface area contributed by atoms with Crippen molar-refractivity contribution in [3.8, 4) is 11.4 Å². The number of anilines is 3. The Morgan fingerprint density at radius 3 is 2.54 bits per heavy atom. The monoisotopic (exact) mass is 374 g/mol. The van der Waals surface area contributed by atoms with E-state index in [4.69, 9.17) is 9.97 Å². The average molecular weight is 374 g/mol. The Labute approximate surface area is 166 Å². The van der Waals surface area contributed by atoms with Crippen LogP contribution in [0.1, 0.15) is 37.0 Å². The van der Waals surface area contributed by atoms with E-state index in [9.17, 15) is 4.79 Å². The van der Waals surface area contributed by atoms with Gasteiger partial charge in [-0.15, -0.1) is 0 Å². The lowest BCUT2D eigenvalue weighted by molar-refractivity contribution is 0.101. The Bertz CT molecular complexity index is 940. The van der Waals surface area contributed by atoms with Crippen molar-refractivity contribution in [3.05, 3.63) is 66.2 Å². The molecule has 2 aromatic carbocycles. The van der Waals surface area contributed by atoms with E-state index >= 15 is 0 Å². The van der Waals surface area contributed by atoms with Crippen molar-refractivity contribution in [2.24, 2.45) is 0 Å². The summed E-state index contributed by atoms with van der Waals surface area (Å²) in [5, 5.41) is 3.33. The van der Waals surface area contributed by atoms with Gasteiger partial charge >= 0.3 is 0 Å². The van der Waals surface area contributed by atoms with Gasteiger partial charge < -0.3 is 10.2 Å². The van der Waals surface area contributed by atoms with Crippen LogP contribution in [-0.2, 0) is 0 Å². The van der Waals surface area contributed by atoms with Crippen molar-refractivity contribution in [2.45, 2.75) is 26.7 Å². The lowest BCUT2D eigenvalue weighted by Crippen LogP contribution is -2.20. The number of unbranched alkanes of at least 4 members (excludes halogenated alkanes) is 1. The number of hydrogen-bond acceptors (Lipinski definition) is 5. The van der Waals surface area contributed by atoms with Gasteiger partial charge in [0.15, 0.2) is 11.6 Å². The van der Waals surface area contributed by atoms with Crippen LogP contribution in [-0.4, -0.2) is 29.3 Å². The summed E-state index contributed by atoms with van der Waals surface area (Å²) in [6, 6.07) is 19.3. The highest BCUT2D eigenvalue weighted by molar-refractivity contribution is 5.95. The Morgan fingerprint density at radius 2 is 1.82 bits per heavy atom. The van der Waals surface area contributed by atoms with Gasteiger partial charge in [0.05, 0.1) is 0 Å². The average Bonchev–Trinajstić information content (AvgIpc) is 2.72. The quantitative estimate of drug-likeness (QED) is 0.540. The third-order valence-corrected chi connectivity index (χ3v) is 4.52. The Balaban J connectivity index is 1.97. The number of carbonyl (C=O) groups excluding carboxylic acids is 1. The standard InChI is InChI=1S/C23H26N4O/c1-4-5-14-27(3)22-16-21(24-20-13-9-12-19(15-20)17(2)28)25-23(26-22)18-10-7-6-8-11-18/h6-13,15-16H,4-5,14H2,1-3H3,(H,24,25,26). The van der Waals surface area contributed by atoms with E-state index in [1.807, 2.05) is 67.7 Å². The van der Waals surface area contributed by atoms with E-state index in [0.29, 0.717) is 17.2 Å². The van der Waals surface area contributed by atoms with Crippen molar-refractivity contribution in [3.63, 3.8) is 0 Å². The lowest BCUT2D eigenvalue weighted by atomic mass is 10.1. The van der Waals surface area contributed by atoms with E-state index in [1.165, 1.54) is 0 Å². The molecule has 0 aliphatic rings. The van der Waals surface area contributed by atoms with E-state index in [1.54, 1.807) is 6.92 Å². The highest BCUT2D eigenvalue weighted by Crippen LogP contribution is 2.25. The predicted octanol–water partition coefficient (Wildman–Crippen LogP) is 5.33. The van der Waals surface area contributed by atoms with Crippen LogP contribution in [0.3, 0.4) is 0 Å². The van der Waals surface area contributed by atoms with Crippen molar-refractivity contribution in [2.75, 3.05) is 23.8 Å². The van der Waals surface area contributed by atoms with Gasteiger partial charge in [0.2, 0.25) is 0 Å². The van der Waals surface area contributed by atoms with Crippen molar-refractivity contribution in [1.82, 2.24) is 9.97 Å². The van der Waals surface area contributed by atoms with E-state index < -0.39 is 0 Å².